The monoisotopic (exact) mass is 440 g/mol. The lowest BCUT2D eigenvalue weighted by Crippen LogP contribution is -2.48. The summed E-state index contributed by atoms with van der Waals surface area (Å²) in [6, 6.07) is 14.8. The Bertz CT molecular complexity index is 925. The van der Waals surface area contributed by atoms with Gasteiger partial charge in [0, 0.05) is 44.0 Å². The van der Waals surface area contributed by atoms with E-state index in [4.69, 9.17) is 17.0 Å². The molecule has 1 aliphatic heterocycles. The van der Waals surface area contributed by atoms with E-state index in [0.717, 1.165) is 44.0 Å². The van der Waals surface area contributed by atoms with Crippen LogP contribution in [0.3, 0.4) is 0 Å². The summed E-state index contributed by atoms with van der Waals surface area (Å²) in [5.74, 6) is 0.399. The maximum absolute atomic E-state index is 12.4. The van der Waals surface area contributed by atoms with Crippen LogP contribution in [0.25, 0.3) is 0 Å². The third-order valence-electron chi connectivity index (χ3n) is 5.17. The van der Waals surface area contributed by atoms with E-state index < -0.39 is 0 Å². The Labute approximate surface area is 188 Å². The van der Waals surface area contributed by atoms with Gasteiger partial charge in [-0.3, -0.25) is 14.9 Å². The number of nitrogens with zero attached hydrogens (tertiary/aromatic N) is 2. The molecule has 7 nitrogen and oxygen atoms in total. The molecule has 0 atom stereocenters. The zero-order chi connectivity index (χ0) is 22.2. The fourth-order valence-corrected chi connectivity index (χ4v) is 3.72. The normalized spacial score (nSPS) is 13.5. The summed E-state index contributed by atoms with van der Waals surface area (Å²) in [5, 5.41) is 5.92. The zero-order valence-corrected chi connectivity index (χ0v) is 18.7. The summed E-state index contributed by atoms with van der Waals surface area (Å²) < 4.78 is 5.22. The van der Waals surface area contributed by atoms with Crippen LogP contribution in [0.15, 0.2) is 48.5 Å². The molecule has 31 heavy (non-hydrogen) atoms. The van der Waals surface area contributed by atoms with Crippen LogP contribution in [0.5, 0.6) is 5.75 Å². The summed E-state index contributed by atoms with van der Waals surface area (Å²) in [6.07, 6.45) is 1.50. The Morgan fingerprint density at radius 1 is 1.03 bits per heavy atom. The van der Waals surface area contributed by atoms with Crippen LogP contribution in [0, 0.1) is 0 Å². The van der Waals surface area contributed by atoms with Crippen LogP contribution in [-0.2, 0) is 4.79 Å². The average Bonchev–Trinajstić information content (AvgIpc) is 2.79. The minimum Gasteiger partial charge on any atom is -0.496 e. The lowest BCUT2D eigenvalue weighted by Gasteiger charge is -2.36. The smallest absolute Gasteiger partial charge is 0.261 e. The summed E-state index contributed by atoms with van der Waals surface area (Å²) in [4.78, 5) is 28.7. The second-order valence-corrected chi connectivity index (χ2v) is 7.68. The highest BCUT2D eigenvalue weighted by Crippen LogP contribution is 2.20. The third-order valence-corrected chi connectivity index (χ3v) is 5.37. The average molecular weight is 441 g/mol. The Morgan fingerprint density at radius 3 is 2.35 bits per heavy atom. The Kier molecular flexibility index (Phi) is 7.83. The molecule has 2 amide bonds. The number of piperazine rings is 1. The summed E-state index contributed by atoms with van der Waals surface area (Å²) in [5.41, 5.74) is 2.30. The number of carbonyl (C=O) groups is 2. The van der Waals surface area contributed by atoms with Gasteiger partial charge in [-0.2, -0.15) is 0 Å². The highest BCUT2D eigenvalue weighted by atomic mass is 32.1. The molecule has 1 fully saturated rings. The van der Waals surface area contributed by atoms with Gasteiger partial charge in [0.2, 0.25) is 5.91 Å². The van der Waals surface area contributed by atoms with Crippen LogP contribution in [0.4, 0.5) is 11.4 Å². The van der Waals surface area contributed by atoms with Gasteiger partial charge in [-0.05, 0) is 55.0 Å². The fraction of sp³-hybridized carbons (Fsp3) is 0.348. The van der Waals surface area contributed by atoms with Gasteiger partial charge in [0.15, 0.2) is 5.11 Å². The van der Waals surface area contributed by atoms with Crippen LogP contribution < -0.4 is 20.3 Å². The number of benzene rings is 2. The zero-order valence-electron chi connectivity index (χ0n) is 17.9. The van der Waals surface area contributed by atoms with Crippen molar-refractivity contribution >= 4 is 40.5 Å². The van der Waals surface area contributed by atoms with Crippen molar-refractivity contribution in [1.82, 2.24) is 10.2 Å². The number of hydrogen-bond donors (Lipinski definition) is 2. The topological polar surface area (TPSA) is 73.9 Å². The molecular weight excluding hydrogens is 412 g/mol. The number of rotatable bonds is 6. The summed E-state index contributed by atoms with van der Waals surface area (Å²) in [7, 11) is 1.52. The number of carbonyl (C=O) groups excluding carboxylic acids is 2. The molecule has 8 heteroatoms. The Morgan fingerprint density at radius 2 is 1.71 bits per heavy atom. The fourth-order valence-electron chi connectivity index (χ4n) is 3.51. The summed E-state index contributed by atoms with van der Waals surface area (Å²) >= 11 is 5.28. The van der Waals surface area contributed by atoms with Gasteiger partial charge < -0.3 is 19.9 Å². The molecule has 2 N–H and O–H groups in total. The number of para-hydroxylation sites is 1. The number of nitrogens with one attached hydrogen (secondary N) is 2. The van der Waals surface area contributed by atoms with E-state index in [9.17, 15) is 9.59 Å². The van der Waals surface area contributed by atoms with Gasteiger partial charge in [0.1, 0.15) is 5.75 Å². The van der Waals surface area contributed by atoms with Gasteiger partial charge in [0.25, 0.3) is 5.91 Å². The van der Waals surface area contributed by atoms with E-state index in [1.54, 1.807) is 24.3 Å². The molecule has 1 saturated heterocycles. The maximum Gasteiger partial charge on any atom is 0.261 e. The quantitative estimate of drug-likeness (QED) is 0.672. The standard InChI is InChI=1S/C23H28N4O3S/c1-3-6-21(28)27-15-13-26(14-16-27)18-11-9-17(10-12-18)24-23(31)25-22(29)19-7-4-5-8-20(19)30-2/h4-5,7-12H,3,6,13-16H2,1-2H3,(H2,24,25,29,31). The molecule has 0 unspecified atom stereocenters. The number of amides is 2. The molecule has 2 aromatic carbocycles. The minimum absolute atomic E-state index is 0.215. The molecule has 0 bridgehead atoms. The molecule has 164 valence electrons. The van der Waals surface area contributed by atoms with E-state index in [2.05, 4.69) is 15.5 Å². The Hall–Kier alpha value is -3.13. The van der Waals surface area contributed by atoms with Gasteiger partial charge in [-0.15, -0.1) is 0 Å². The van der Waals surface area contributed by atoms with Crippen LogP contribution >= 0.6 is 12.2 Å². The molecule has 3 rings (SSSR count). The van der Waals surface area contributed by atoms with Crippen molar-refractivity contribution in [3.8, 4) is 5.75 Å². The first-order chi connectivity index (χ1) is 15.0. The molecule has 1 heterocycles. The molecule has 2 aromatic rings. The van der Waals surface area contributed by atoms with Crippen molar-refractivity contribution in [3.05, 3.63) is 54.1 Å². The van der Waals surface area contributed by atoms with Gasteiger partial charge in [0.05, 0.1) is 12.7 Å². The van der Waals surface area contributed by atoms with Gasteiger partial charge in [-0.25, -0.2) is 0 Å². The van der Waals surface area contributed by atoms with E-state index in [1.807, 2.05) is 36.1 Å². The second kappa shape index (κ2) is 10.8. The van der Waals surface area contributed by atoms with Crippen LogP contribution in [0.2, 0.25) is 0 Å². The molecule has 0 radical (unpaired) electrons. The number of ether oxygens (including phenoxy) is 1. The molecular formula is C23H28N4O3S. The lowest BCUT2D eigenvalue weighted by molar-refractivity contribution is -0.131. The molecule has 0 aromatic heterocycles. The van der Waals surface area contributed by atoms with E-state index in [-0.39, 0.29) is 16.9 Å². The second-order valence-electron chi connectivity index (χ2n) is 7.27. The predicted molar refractivity (Wildman–Crippen MR) is 127 cm³/mol. The van der Waals surface area contributed by atoms with E-state index in [1.165, 1.54) is 7.11 Å². The first kappa shape index (κ1) is 22.6. The molecule has 0 saturated carbocycles. The lowest BCUT2D eigenvalue weighted by atomic mass is 10.2. The predicted octanol–water partition coefficient (Wildman–Crippen LogP) is 3.27. The number of thiocarbonyl (C=S) groups is 1. The highest BCUT2D eigenvalue weighted by Gasteiger charge is 2.20. The van der Waals surface area contributed by atoms with Crippen molar-refractivity contribution in [1.29, 1.82) is 0 Å². The molecule has 0 aliphatic carbocycles. The van der Waals surface area contributed by atoms with Gasteiger partial charge >= 0.3 is 0 Å². The first-order valence-electron chi connectivity index (χ1n) is 10.4. The summed E-state index contributed by atoms with van der Waals surface area (Å²) in [6.45, 7) is 5.15. The highest BCUT2D eigenvalue weighted by molar-refractivity contribution is 7.80. The van der Waals surface area contributed by atoms with Gasteiger partial charge in [-0.1, -0.05) is 19.1 Å². The maximum atomic E-state index is 12.4. The largest absolute Gasteiger partial charge is 0.496 e. The molecule has 0 spiro atoms. The number of anilines is 2. The Balaban J connectivity index is 1.52. The van der Waals surface area contributed by atoms with Crippen molar-refractivity contribution in [3.63, 3.8) is 0 Å². The SMILES string of the molecule is CCCC(=O)N1CCN(c2ccc(NC(=S)NC(=O)c3ccccc3OC)cc2)CC1. The van der Waals surface area contributed by atoms with E-state index in [0.29, 0.717) is 17.7 Å². The van der Waals surface area contributed by atoms with Crippen molar-refractivity contribution in [2.75, 3.05) is 43.5 Å². The van der Waals surface area contributed by atoms with Crippen molar-refractivity contribution in [2.45, 2.75) is 19.8 Å². The van der Waals surface area contributed by atoms with Crippen LogP contribution in [0.1, 0.15) is 30.1 Å². The van der Waals surface area contributed by atoms with Crippen molar-refractivity contribution < 1.29 is 14.3 Å². The number of hydrogen-bond acceptors (Lipinski definition) is 5. The van der Waals surface area contributed by atoms with Crippen LogP contribution in [-0.4, -0.2) is 55.1 Å². The minimum atomic E-state index is -0.331. The number of methoxy groups -OCH3 is 1. The van der Waals surface area contributed by atoms with E-state index >= 15 is 0 Å². The first-order valence-corrected chi connectivity index (χ1v) is 10.8. The third kappa shape index (κ3) is 5.95. The van der Waals surface area contributed by atoms with Crippen molar-refractivity contribution in [2.24, 2.45) is 0 Å². The molecule has 1 aliphatic rings.